The molecule has 31 heavy (non-hydrogen) atoms. The zero-order valence-electron chi connectivity index (χ0n) is 18.5. The molecule has 1 unspecified atom stereocenters. The summed E-state index contributed by atoms with van der Waals surface area (Å²) in [5, 5.41) is 7.12. The van der Waals surface area contributed by atoms with E-state index in [2.05, 4.69) is 29.8 Å². The van der Waals surface area contributed by atoms with Gasteiger partial charge < -0.3 is 14.7 Å². The van der Waals surface area contributed by atoms with Crippen LogP contribution in [0.2, 0.25) is 0 Å². The summed E-state index contributed by atoms with van der Waals surface area (Å²) in [6, 6.07) is 0.555. The molecule has 1 aliphatic carbocycles. The van der Waals surface area contributed by atoms with Crippen molar-refractivity contribution in [2.24, 2.45) is 0 Å². The lowest BCUT2D eigenvalue weighted by molar-refractivity contribution is -0.192. The summed E-state index contributed by atoms with van der Waals surface area (Å²) in [5.41, 5.74) is 1.68. The number of likely N-dealkylation sites (tertiary alicyclic amines) is 2. The molecule has 2 heterocycles. The Morgan fingerprint density at radius 2 is 1.87 bits per heavy atom. The second kappa shape index (κ2) is 11.3. The Bertz CT molecular complexity index is 643. The van der Waals surface area contributed by atoms with Crippen molar-refractivity contribution < 1.29 is 32.6 Å². The lowest BCUT2D eigenvalue weighted by Crippen LogP contribution is -2.54. The number of carbonyl (C=O) groups is 2. The first kappa shape index (κ1) is 25.6. The van der Waals surface area contributed by atoms with Gasteiger partial charge in [-0.15, -0.1) is 0 Å². The van der Waals surface area contributed by atoms with E-state index in [4.69, 9.17) is 14.6 Å². The highest BCUT2D eigenvalue weighted by atomic mass is 19.4. The number of rotatable bonds is 5. The number of hydrogen-bond donors (Lipinski definition) is 1. The smallest absolute Gasteiger partial charge is 0.475 e. The van der Waals surface area contributed by atoms with Crippen molar-refractivity contribution in [3.8, 4) is 0 Å². The number of nitrogens with zero attached hydrogens (tertiary/aromatic N) is 2. The minimum absolute atomic E-state index is 0.308. The van der Waals surface area contributed by atoms with Crippen LogP contribution in [-0.4, -0.2) is 77.9 Å². The first-order valence-corrected chi connectivity index (χ1v) is 11.2. The molecule has 178 valence electrons. The molecule has 0 bridgehead atoms. The molecule has 0 radical (unpaired) electrons. The molecule has 1 N–H and O–H groups in total. The minimum Gasteiger partial charge on any atom is -0.475 e. The summed E-state index contributed by atoms with van der Waals surface area (Å²) in [6.45, 7) is 5.58. The lowest BCUT2D eigenvalue weighted by Gasteiger charge is -2.45. The maximum Gasteiger partial charge on any atom is 0.490 e. The summed E-state index contributed by atoms with van der Waals surface area (Å²) in [6.07, 6.45) is 7.46. The zero-order valence-corrected chi connectivity index (χ0v) is 18.5. The van der Waals surface area contributed by atoms with Gasteiger partial charge in [-0.25, -0.2) is 4.79 Å². The summed E-state index contributed by atoms with van der Waals surface area (Å²) in [5.74, 6) is -2.41. The molecule has 1 amide bonds. The summed E-state index contributed by atoms with van der Waals surface area (Å²) < 4.78 is 37.4. The molecular weight excluding hydrogens is 413 g/mol. The fourth-order valence-electron chi connectivity index (χ4n) is 4.79. The van der Waals surface area contributed by atoms with E-state index in [1.54, 1.807) is 0 Å². The molecule has 0 aromatic rings. The number of halogens is 3. The number of aliphatic carboxylic acids is 1. The summed E-state index contributed by atoms with van der Waals surface area (Å²) >= 11 is 0. The van der Waals surface area contributed by atoms with Gasteiger partial charge in [-0.3, -0.25) is 9.69 Å². The molecule has 1 atom stereocenters. The van der Waals surface area contributed by atoms with Crippen molar-refractivity contribution >= 4 is 11.9 Å². The highest BCUT2D eigenvalue weighted by Crippen LogP contribution is 2.40. The van der Waals surface area contributed by atoms with Gasteiger partial charge in [-0.1, -0.05) is 11.6 Å². The van der Waals surface area contributed by atoms with Gasteiger partial charge in [0.2, 0.25) is 5.91 Å². The summed E-state index contributed by atoms with van der Waals surface area (Å²) in [4.78, 5) is 26.2. The lowest BCUT2D eigenvalue weighted by atomic mass is 9.85. The number of piperidine rings is 1. The highest BCUT2D eigenvalue weighted by Gasteiger charge is 2.46. The van der Waals surface area contributed by atoms with Crippen molar-refractivity contribution in [1.82, 2.24) is 9.80 Å². The maximum absolute atomic E-state index is 12.6. The number of allylic oxidation sites excluding steroid dienone is 1. The van der Waals surface area contributed by atoms with E-state index >= 15 is 0 Å². The van der Waals surface area contributed by atoms with E-state index in [0.717, 1.165) is 52.0 Å². The van der Waals surface area contributed by atoms with E-state index in [1.165, 1.54) is 31.3 Å². The molecule has 3 aliphatic rings. The Balaban J connectivity index is 0.000000423. The van der Waals surface area contributed by atoms with Crippen LogP contribution in [0.3, 0.4) is 0 Å². The van der Waals surface area contributed by atoms with Crippen molar-refractivity contribution in [1.29, 1.82) is 0 Å². The van der Waals surface area contributed by atoms with Gasteiger partial charge in [-0.05, 0) is 65.3 Å². The standard InChI is InChI=1S/C20H34N2O2.C2HF3O2/c1-3-24-16-18-9-10-20(21(18)2)11-13-22(14-12-20)19(23)15-17-7-5-4-6-8-17;3-2(4,5)1(6)7/h7,18H,3-6,8-16H2,1-2H3;(H,6,7). The van der Waals surface area contributed by atoms with Crippen LogP contribution in [0.4, 0.5) is 13.2 Å². The quantitative estimate of drug-likeness (QED) is 0.644. The molecule has 2 aliphatic heterocycles. The fraction of sp³-hybridized carbons (Fsp3) is 0.818. The van der Waals surface area contributed by atoms with Crippen LogP contribution in [0.5, 0.6) is 0 Å². The number of alkyl halides is 3. The Morgan fingerprint density at radius 3 is 2.39 bits per heavy atom. The molecule has 1 spiro atoms. The molecule has 0 aromatic carbocycles. The third-order valence-electron chi connectivity index (χ3n) is 6.81. The third kappa shape index (κ3) is 7.20. The Kier molecular flexibility index (Phi) is 9.36. The van der Waals surface area contributed by atoms with Gasteiger partial charge in [0.15, 0.2) is 0 Å². The van der Waals surface area contributed by atoms with Crippen LogP contribution in [-0.2, 0) is 14.3 Å². The van der Waals surface area contributed by atoms with Gasteiger partial charge >= 0.3 is 12.1 Å². The second-order valence-electron chi connectivity index (χ2n) is 8.66. The highest BCUT2D eigenvalue weighted by molar-refractivity contribution is 5.78. The van der Waals surface area contributed by atoms with Gasteiger partial charge in [0, 0.05) is 37.7 Å². The average molecular weight is 449 g/mol. The predicted octanol–water partition coefficient (Wildman–Crippen LogP) is 4.00. The molecule has 6 nitrogen and oxygen atoms in total. The number of ether oxygens (including phenoxy) is 1. The van der Waals surface area contributed by atoms with E-state index < -0.39 is 12.1 Å². The number of carboxylic acids is 1. The molecular formula is C22H35F3N2O4. The number of amides is 1. The Hall–Kier alpha value is -1.61. The van der Waals surface area contributed by atoms with Gasteiger partial charge in [-0.2, -0.15) is 13.2 Å². The Labute approximate surface area is 182 Å². The van der Waals surface area contributed by atoms with Crippen LogP contribution in [0.1, 0.15) is 64.7 Å². The molecule has 2 fully saturated rings. The van der Waals surface area contributed by atoms with E-state index in [-0.39, 0.29) is 0 Å². The normalized spacial score (nSPS) is 23.8. The van der Waals surface area contributed by atoms with Gasteiger partial charge in [0.25, 0.3) is 0 Å². The molecule has 9 heteroatoms. The van der Waals surface area contributed by atoms with Crippen molar-refractivity contribution in [2.45, 2.75) is 82.5 Å². The van der Waals surface area contributed by atoms with Crippen molar-refractivity contribution in [3.05, 3.63) is 11.6 Å². The van der Waals surface area contributed by atoms with Gasteiger partial charge in [0.1, 0.15) is 0 Å². The number of hydrogen-bond acceptors (Lipinski definition) is 4. The average Bonchev–Trinajstić information content (AvgIpc) is 3.02. The van der Waals surface area contributed by atoms with E-state index in [0.29, 0.717) is 23.9 Å². The Morgan fingerprint density at radius 1 is 1.23 bits per heavy atom. The second-order valence-corrected chi connectivity index (χ2v) is 8.66. The SMILES string of the molecule is CCOCC1CCC2(CCN(C(=O)CC3=CCCCC3)CC2)N1C.O=C(O)C(F)(F)F. The molecule has 0 aromatic heterocycles. The number of carbonyl (C=O) groups excluding carboxylic acids is 1. The molecule has 3 rings (SSSR count). The first-order valence-electron chi connectivity index (χ1n) is 11.2. The fourth-order valence-corrected chi connectivity index (χ4v) is 4.79. The van der Waals surface area contributed by atoms with Crippen LogP contribution >= 0.6 is 0 Å². The molecule has 0 saturated carbocycles. The van der Waals surface area contributed by atoms with Gasteiger partial charge in [0.05, 0.1) is 6.61 Å². The zero-order chi connectivity index (χ0) is 23.1. The van der Waals surface area contributed by atoms with Crippen LogP contribution < -0.4 is 0 Å². The van der Waals surface area contributed by atoms with Crippen molar-refractivity contribution in [2.75, 3.05) is 33.4 Å². The topological polar surface area (TPSA) is 70.1 Å². The first-order chi connectivity index (χ1) is 14.6. The van der Waals surface area contributed by atoms with E-state index in [1.807, 2.05) is 0 Å². The monoisotopic (exact) mass is 448 g/mol. The van der Waals surface area contributed by atoms with E-state index in [9.17, 15) is 18.0 Å². The predicted molar refractivity (Wildman–Crippen MR) is 111 cm³/mol. The molecule has 2 saturated heterocycles. The maximum atomic E-state index is 12.6. The van der Waals surface area contributed by atoms with Crippen LogP contribution in [0.15, 0.2) is 11.6 Å². The number of likely N-dealkylation sites (N-methyl/N-ethyl adjacent to an activating group) is 1. The minimum atomic E-state index is -5.08. The third-order valence-corrected chi connectivity index (χ3v) is 6.81. The number of carboxylic acid groups (broad SMARTS) is 1. The van der Waals surface area contributed by atoms with Crippen molar-refractivity contribution in [3.63, 3.8) is 0 Å². The largest absolute Gasteiger partial charge is 0.490 e. The summed E-state index contributed by atoms with van der Waals surface area (Å²) in [7, 11) is 2.26. The van der Waals surface area contributed by atoms with Crippen LogP contribution in [0, 0.1) is 0 Å². The van der Waals surface area contributed by atoms with Crippen LogP contribution in [0.25, 0.3) is 0 Å².